The number of ether oxygens (including phenoxy) is 2. The van der Waals surface area contributed by atoms with E-state index >= 15 is 0 Å². The molecule has 1 aliphatic rings. The van der Waals surface area contributed by atoms with Crippen molar-refractivity contribution >= 4 is 45.6 Å². The molecule has 0 saturated heterocycles. The van der Waals surface area contributed by atoms with E-state index in [9.17, 15) is 9.59 Å². The first-order valence-electron chi connectivity index (χ1n) is 11.5. The number of hydrogen-bond acceptors (Lipinski definition) is 8. The number of anilines is 3. The summed E-state index contributed by atoms with van der Waals surface area (Å²) in [6.45, 7) is 7.44. The standard InChI is InChI=1S/C25H27N7O4/c1-14-13-35-23-17-10-16(7-6-15(17)8-9-26-23)29-20-11-18(31(5)24(34)36-25(2,3)4)21-27-12-19(22(33)28-14)32(21)30-20/h6-12,14H,13H2,1-5H3,(H,28,33)(H,29,30)/t14-/m1/s1. The molecule has 1 aliphatic heterocycles. The van der Waals surface area contributed by atoms with Gasteiger partial charge in [-0.15, -0.1) is 5.10 Å². The van der Waals surface area contributed by atoms with Crippen LogP contribution in [0.3, 0.4) is 0 Å². The molecule has 4 aromatic rings. The summed E-state index contributed by atoms with van der Waals surface area (Å²) >= 11 is 0. The van der Waals surface area contributed by atoms with Gasteiger partial charge in [-0.3, -0.25) is 9.69 Å². The molecule has 1 atom stereocenters. The number of carbonyl (C=O) groups is 2. The quantitative estimate of drug-likeness (QED) is 0.413. The van der Waals surface area contributed by atoms with Gasteiger partial charge in [0.05, 0.1) is 17.9 Å². The predicted molar refractivity (Wildman–Crippen MR) is 135 cm³/mol. The van der Waals surface area contributed by atoms with E-state index in [0.29, 0.717) is 23.0 Å². The molecule has 0 spiro atoms. The first-order chi connectivity index (χ1) is 17.1. The molecule has 11 heteroatoms. The monoisotopic (exact) mass is 489 g/mol. The van der Waals surface area contributed by atoms with Gasteiger partial charge in [0.15, 0.2) is 17.2 Å². The van der Waals surface area contributed by atoms with Gasteiger partial charge in [-0.05, 0) is 51.3 Å². The van der Waals surface area contributed by atoms with Crippen LogP contribution in [0.4, 0.5) is 22.0 Å². The first kappa shape index (κ1) is 23.3. The first-order valence-corrected chi connectivity index (χ1v) is 11.5. The second kappa shape index (κ2) is 8.67. The number of carbonyl (C=O) groups excluding carboxylic acids is 2. The normalized spacial score (nSPS) is 15.8. The zero-order valence-electron chi connectivity index (χ0n) is 20.7. The van der Waals surface area contributed by atoms with Crippen LogP contribution in [-0.2, 0) is 4.74 Å². The Morgan fingerprint density at radius 3 is 2.81 bits per heavy atom. The molecule has 0 aliphatic carbocycles. The molecule has 11 nitrogen and oxygen atoms in total. The molecule has 4 heterocycles. The Morgan fingerprint density at radius 1 is 1.22 bits per heavy atom. The van der Waals surface area contributed by atoms with Gasteiger partial charge in [0.2, 0.25) is 5.88 Å². The number of nitrogens with zero attached hydrogens (tertiary/aromatic N) is 5. The van der Waals surface area contributed by atoms with Crippen molar-refractivity contribution in [1.82, 2.24) is 24.9 Å². The minimum absolute atomic E-state index is 0.213. The number of fused-ring (bicyclic) bond motifs is 2. The topological polar surface area (TPSA) is 123 Å². The molecular weight excluding hydrogens is 462 g/mol. The van der Waals surface area contributed by atoms with Gasteiger partial charge in [0.1, 0.15) is 12.2 Å². The summed E-state index contributed by atoms with van der Waals surface area (Å²) < 4.78 is 12.9. The van der Waals surface area contributed by atoms with Crippen LogP contribution in [0.1, 0.15) is 38.2 Å². The van der Waals surface area contributed by atoms with Gasteiger partial charge in [0, 0.05) is 30.4 Å². The number of benzene rings is 1. The van der Waals surface area contributed by atoms with E-state index in [1.165, 1.54) is 15.6 Å². The van der Waals surface area contributed by atoms with E-state index in [2.05, 4.69) is 25.7 Å². The van der Waals surface area contributed by atoms with Gasteiger partial charge in [-0.1, -0.05) is 6.07 Å². The molecule has 0 unspecified atom stereocenters. The van der Waals surface area contributed by atoms with Crippen molar-refractivity contribution < 1.29 is 19.1 Å². The molecule has 4 bridgehead atoms. The summed E-state index contributed by atoms with van der Waals surface area (Å²) in [5, 5.41) is 12.6. The van der Waals surface area contributed by atoms with Crippen molar-refractivity contribution in [2.24, 2.45) is 0 Å². The van der Waals surface area contributed by atoms with Gasteiger partial charge in [-0.2, -0.15) is 0 Å². The molecule has 36 heavy (non-hydrogen) atoms. The lowest BCUT2D eigenvalue weighted by molar-refractivity contribution is 0.0589. The Morgan fingerprint density at radius 2 is 2.03 bits per heavy atom. The lowest BCUT2D eigenvalue weighted by Gasteiger charge is -2.25. The molecule has 2 amide bonds. The van der Waals surface area contributed by atoms with Crippen molar-refractivity contribution in [3.63, 3.8) is 0 Å². The summed E-state index contributed by atoms with van der Waals surface area (Å²) in [6.07, 6.45) is 2.55. The molecular formula is C25H27N7O4. The Bertz CT molecular complexity index is 1490. The van der Waals surface area contributed by atoms with E-state index in [0.717, 1.165) is 16.5 Å². The molecule has 1 aromatic carbocycles. The van der Waals surface area contributed by atoms with Crippen LogP contribution in [0.25, 0.3) is 16.4 Å². The Balaban J connectivity index is 1.67. The second-order valence-electron chi connectivity index (χ2n) is 9.70. The van der Waals surface area contributed by atoms with Gasteiger partial charge in [0.25, 0.3) is 5.91 Å². The third kappa shape index (κ3) is 4.47. The van der Waals surface area contributed by atoms with E-state index in [1.54, 1.807) is 40.1 Å². The number of amides is 2. The number of aromatic nitrogens is 4. The largest absolute Gasteiger partial charge is 0.475 e. The van der Waals surface area contributed by atoms with Crippen LogP contribution in [0.15, 0.2) is 42.7 Å². The van der Waals surface area contributed by atoms with E-state index in [-0.39, 0.29) is 24.2 Å². The maximum atomic E-state index is 13.1. The van der Waals surface area contributed by atoms with Crippen LogP contribution >= 0.6 is 0 Å². The van der Waals surface area contributed by atoms with E-state index < -0.39 is 11.7 Å². The zero-order chi connectivity index (χ0) is 25.6. The van der Waals surface area contributed by atoms with Crippen LogP contribution in [-0.4, -0.2) is 56.9 Å². The van der Waals surface area contributed by atoms with Crippen molar-refractivity contribution in [1.29, 1.82) is 0 Å². The van der Waals surface area contributed by atoms with Gasteiger partial charge >= 0.3 is 6.09 Å². The minimum Gasteiger partial charge on any atom is -0.475 e. The maximum absolute atomic E-state index is 13.1. The summed E-state index contributed by atoms with van der Waals surface area (Å²) in [4.78, 5) is 36.1. The summed E-state index contributed by atoms with van der Waals surface area (Å²) in [5.41, 5.74) is 1.02. The number of imidazole rings is 1. The Labute approximate surface area is 207 Å². The third-order valence-corrected chi connectivity index (χ3v) is 5.56. The van der Waals surface area contributed by atoms with Crippen molar-refractivity contribution in [3.8, 4) is 5.88 Å². The fourth-order valence-corrected chi connectivity index (χ4v) is 3.87. The molecule has 0 saturated carbocycles. The van der Waals surface area contributed by atoms with Crippen LogP contribution in [0.5, 0.6) is 5.88 Å². The molecule has 0 fully saturated rings. The van der Waals surface area contributed by atoms with Crippen molar-refractivity contribution in [3.05, 3.63) is 48.4 Å². The fraction of sp³-hybridized carbons (Fsp3) is 0.320. The highest BCUT2D eigenvalue weighted by Crippen LogP contribution is 2.30. The highest BCUT2D eigenvalue weighted by Gasteiger charge is 2.26. The average Bonchev–Trinajstić information content (AvgIpc) is 3.24. The average molecular weight is 490 g/mol. The highest BCUT2D eigenvalue weighted by molar-refractivity contribution is 5.97. The number of nitrogens with one attached hydrogen (secondary N) is 2. The molecule has 3 aromatic heterocycles. The maximum Gasteiger partial charge on any atom is 0.414 e. The predicted octanol–water partition coefficient (Wildman–Crippen LogP) is 3.90. The summed E-state index contributed by atoms with van der Waals surface area (Å²) in [6, 6.07) is 9.05. The lowest BCUT2D eigenvalue weighted by atomic mass is 10.1. The Hall–Kier alpha value is -4.41. The zero-order valence-corrected chi connectivity index (χ0v) is 20.7. The molecule has 5 rings (SSSR count). The van der Waals surface area contributed by atoms with E-state index in [4.69, 9.17) is 9.47 Å². The fourth-order valence-electron chi connectivity index (χ4n) is 3.87. The number of rotatable bonds is 1. The van der Waals surface area contributed by atoms with Crippen LogP contribution in [0.2, 0.25) is 0 Å². The SMILES string of the molecule is C[C@@H]1COc2nccc3ccc(cc23)Nc2cc(N(C)C(=O)OC(C)(C)C)c3ncc(n3n2)C(=O)N1. The van der Waals surface area contributed by atoms with Crippen LogP contribution < -0.4 is 20.3 Å². The third-order valence-electron chi connectivity index (χ3n) is 5.56. The molecule has 186 valence electrons. The Kier molecular flexibility index (Phi) is 5.62. The number of hydrogen-bond donors (Lipinski definition) is 2. The lowest BCUT2D eigenvalue weighted by Crippen LogP contribution is -2.37. The number of pyridine rings is 1. The smallest absolute Gasteiger partial charge is 0.414 e. The highest BCUT2D eigenvalue weighted by atomic mass is 16.6. The van der Waals surface area contributed by atoms with Gasteiger partial charge < -0.3 is 20.1 Å². The molecule has 0 radical (unpaired) electrons. The van der Waals surface area contributed by atoms with Gasteiger partial charge in [-0.25, -0.2) is 19.3 Å². The minimum atomic E-state index is -0.682. The van der Waals surface area contributed by atoms with E-state index in [1.807, 2.05) is 31.2 Å². The second-order valence-corrected chi connectivity index (χ2v) is 9.70. The summed E-state index contributed by atoms with van der Waals surface area (Å²) in [7, 11) is 1.59. The molecule has 2 N–H and O–H groups in total. The van der Waals surface area contributed by atoms with Crippen LogP contribution in [0, 0.1) is 0 Å². The van der Waals surface area contributed by atoms with Crippen molar-refractivity contribution in [2.45, 2.75) is 39.3 Å². The summed E-state index contributed by atoms with van der Waals surface area (Å²) in [5.74, 6) is 0.486. The van der Waals surface area contributed by atoms with Crippen molar-refractivity contribution in [2.75, 3.05) is 23.9 Å².